The second-order valence-corrected chi connectivity index (χ2v) is 6.76. The van der Waals surface area contributed by atoms with Crippen LogP contribution >= 0.6 is 0 Å². The second kappa shape index (κ2) is 7.43. The zero-order valence-corrected chi connectivity index (χ0v) is 15.6. The monoisotopic (exact) mass is 421 g/mol. The highest BCUT2D eigenvalue weighted by Gasteiger charge is 2.35. The van der Waals surface area contributed by atoms with Crippen molar-refractivity contribution in [2.24, 2.45) is 0 Å². The van der Waals surface area contributed by atoms with Gasteiger partial charge in [0.25, 0.3) is 5.89 Å². The fraction of sp³-hybridized carbons (Fsp3) is 0.250. The van der Waals surface area contributed by atoms with Gasteiger partial charge in [0.1, 0.15) is 0 Å². The SMILES string of the molecule is COc1ccc(N2CC(c3noc(-c4ccc(C(F)(F)F)cc4)n3)CC2=O)cc1F. The van der Waals surface area contributed by atoms with Crippen molar-refractivity contribution in [3.8, 4) is 17.2 Å². The van der Waals surface area contributed by atoms with Crippen molar-refractivity contribution in [3.05, 3.63) is 59.7 Å². The Morgan fingerprint density at radius 3 is 2.53 bits per heavy atom. The van der Waals surface area contributed by atoms with Gasteiger partial charge < -0.3 is 14.2 Å². The summed E-state index contributed by atoms with van der Waals surface area (Å²) in [6, 6.07) is 8.56. The van der Waals surface area contributed by atoms with Crippen molar-refractivity contribution in [2.45, 2.75) is 18.5 Å². The Labute approximate surface area is 168 Å². The molecule has 2 heterocycles. The van der Waals surface area contributed by atoms with E-state index >= 15 is 0 Å². The van der Waals surface area contributed by atoms with Crippen LogP contribution in [0.3, 0.4) is 0 Å². The molecule has 0 radical (unpaired) electrons. The number of ether oxygens (including phenoxy) is 1. The number of rotatable bonds is 4. The first-order chi connectivity index (χ1) is 14.3. The fourth-order valence-electron chi connectivity index (χ4n) is 3.27. The van der Waals surface area contributed by atoms with E-state index in [2.05, 4.69) is 10.1 Å². The molecule has 2 aromatic carbocycles. The molecule has 1 saturated heterocycles. The number of methoxy groups -OCH3 is 1. The average molecular weight is 421 g/mol. The van der Waals surface area contributed by atoms with Crippen LogP contribution in [-0.2, 0) is 11.0 Å². The predicted octanol–water partition coefficient (Wildman–Crippen LogP) is 4.42. The van der Waals surface area contributed by atoms with Crippen LogP contribution < -0.4 is 9.64 Å². The first-order valence-electron chi connectivity index (χ1n) is 8.91. The lowest BCUT2D eigenvalue weighted by Gasteiger charge is -2.16. The van der Waals surface area contributed by atoms with Gasteiger partial charge in [-0.25, -0.2) is 4.39 Å². The maximum Gasteiger partial charge on any atom is 0.416 e. The van der Waals surface area contributed by atoms with E-state index in [1.807, 2.05) is 0 Å². The number of aromatic nitrogens is 2. The van der Waals surface area contributed by atoms with E-state index in [0.29, 0.717) is 11.3 Å². The molecular weight excluding hydrogens is 406 g/mol. The Hall–Kier alpha value is -3.43. The lowest BCUT2D eigenvalue weighted by Crippen LogP contribution is -2.24. The Morgan fingerprint density at radius 2 is 1.90 bits per heavy atom. The summed E-state index contributed by atoms with van der Waals surface area (Å²) in [6.07, 6.45) is -4.34. The van der Waals surface area contributed by atoms with Crippen LogP contribution in [0, 0.1) is 5.82 Å². The molecule has 30 heavy (non-hydrogen) atoms. The third-order valence-corrected chi connectivity index (χ3v) is 4.84. The highest BCUT2D eigenvalue weighted by molar-refractivity contribution is 5.96. The summed E-state index contributed by atoms with van der Waals surface area (Å²) in [5.74, 6) is -0.827. The quantitative estimate of drug-likeness (QED) is 0.584. The minimum atomic E-state index is -4.44. The summed E-state index contributed by atoms with van der Waals surface area (Å²) >= 11 is 0. The number of carbonyl (C=O) groups is 1. The molecule has 10 heteroatoms. The predicted molar refractivity (Wildman–Crippen MR) is 97.4 cm³/mol. The molecule has 0 saturated carbocycles. The van der Waals surface area contributed by atoms with E-state index in [1.165, 1.54) is 36.3 Å². The zero-order chi connectivity index (χ0) is 21.5. The van der Waals surface area contributed by atoms with Gasteiger partial charge in [0, 0.05) is 36.2 Å². The van der Waals surface area contributed by atoms with Crippen LogP contribution in [0.25, 0.3) is 11.5 Å². The minimum absolute atomic E-state index is 0.0557. The van der Waals surface area contributed by atoms with Crippen LogP contribution in [0.2, 0.25) is 0 Å². The highest BCUT2D eigenvalue weighted by Crippen LogP contribution is 2.34. The van der Waals surface area contributed by atoms with Crippen LogP contribution in [0.1, 0.15) is 23.7 Å². The summed E-state index contributed by atoms with van der Waals surface area (Å²) in [7, 11) is 1.35. The van der Waals surface area contributed by atoms with Crippen molar-refractivity contribution in [3.63, 3.8) is 0 Å². The summed E-state index contributed by atoms with van der Waals surface area (Å²) in [5.41, 5.74) is -0.0674. The third kappa shape index (κ3) is 3.72. The van der Waals surface area contributed by atoms with Crippen molar-refractivity contribution in [1.82, 2.24) is 10.1 Å². The van der Waals surface area contributed by atoms with Gasteiger partial charge in [0.2, 0.25) is 5.91 Å². The molecule has 0 aliphatic carbocycles. The molecular formula is C20H15F4N3O3. The van der Waals surface area contributed by atoms with Crippen LogP contribution in [0.4, 0.5) is 23.2 Å². The van der Waals surface area contributed by atoms with E-state index in [4.69, 9.17) is 9.26 Å². The van der Waals surface area contributed by atoms with Gasteiger partial charge >= 0.3 is 6.18 Å². The number of amides is 1. The average Bonchev–Trinajstić information content (AvgIpc) is 3.34. The summed E-state index contributed by atoms with van der Waals surface area (Å²) < 4.78 is 62.1. The Kier molecular flexibility index (Phi) is 4.92. The van der Waals surface area contributed by atoms with E-state index in [9.17, 15) is 22.4 Å². The van der Waals surface area contributed by atoms with Gasteiger partial charge in [0.15, 0.2) is 17.4 Å². The number of anilines is 1. The molecule has 4 rings (SSSR count). The molecule has 1 unspecified atom stereocenters. The molecule has 1 fully saturated rings. The van der Waals surface area contributed by atoms with E-state index in [-0.39, 0.29) is 36.3 Å². The van der Waals surface area contributed by atoms with Crippen LogP contribution in [0.5, 0.6) is 5.75 Å². The van der Waals surface area contributed by atoms with Crippen molar-refractivity contribution >= 4 is 11.6 Å². The minimum Gasteiger partial charge on any atom is -0.494 e. The molecule has 0 bridgehead atoms. The van der Waals surface area contributed by atoms with Gasteiger partial charge in [-0.2, -0.15) is 18.2 Å². The summed E-state index contributed by atoms with van der Waals surface area (Å²) in [6.45, 7) is 0.219. The number of halogens is 4. The number of nitrogens with zero attached hydrogens (tertiary/aromatic N) is 3. The molecule has 156 valence electrons. The maximum atomic E-state index is 14.0. The zero-order valence-electron chi connectivity index (χ0n) is 15.6. The first-order valence-corrected chi connectivity index (χ1v) is 8.91. The molecule has 0 N–H and O–H groups in total. The number of carbonyl (C=O) groups excluding carboxylic acids is 1. The molecule has 1 aliphatic rings. The molecule has 6 nitrogen and oxygen atoms in total. The molecule has 1 aliphatic heterocycles. The fourth-order valence-corrected chi connectivity index (χ4v) is 3.27. The van der Waals surface area contributed by atoms with Gasteiger partial charge in [-0.3, -0.25) is 4.79 Å². The number of hydrogen-bond donors (Lipinski definition) is 0. The Balaban J connectivity index is 1.52. The normalized spacial score (nSPS) is 16.9. The Morgan fingerprint density at radius 1 is 1.17 bits per heavy atom. The highest BCUT2D eigenvalue weighted by atomic mass is 19.4. The second-order valence-electron chi connectivity index (χ2n) is 6.76. The topological polar surface area (TPSA) is 68.5 Å². The summed E-state index contributed by atoms with van der Waals surface area (Å²) in [4.78, 5) is 18.1. The van der Waals surface area contributed by atoms with E-state index in [1.54, 1.807) is 6.07 Å². The smallest absolute Gasteiger partial charge is 0.416 e. The molecule has 1 atom stereocenters. The van der Waals surface area contributed by atoms with Gasteiger partial charge in [-0.15, -0.1) is 0 Å². The van der Waals surface area contributed by atoms with Gasteiger partial charge in [-0.1, -0.05) is 5.16 Å². The number of hydrogen-bond acceptors (Lipinski definition) is 5. The van der Waals surface area contributed by atoms with Crippen molar-refractivity contribution < 1.29 is 31.6 Å². The largest absolute Gasteiger partial charge is 0.494 e. The lowest BCUT2D eigenvalue weighted by atomic mass is 10.1. The van der Waals surface area contributed by atoms with E-state index in [0.717, 1.165) is 12.1 Å². The van der Waals surface area contributed by atoms with Crippen molar-refractivity contribution in [1.29, 1.82) is 0 Å². The third-order valence-electron chi connectivity index (χ3n) is 4.84. The van der Waals surface area contributed by atoms with E-state index < -0.39 is 23.5 Å². The number of alkyl halides is 3. The molecule has 1 amide bonds. The molecule has 3 aromatic rings. The lowest BCUT2D eigenvalue weighted by molar-refractivity contribution is -0.137. The van der Waals surface area contributed by atoms with Crippen LogP contribution in [0.15, 0.2) is 47.0 Å². The standard InChI is InChI=1S/C20H15F4N3O3/c1-29-16-7-6-14(9-15(16)21)27-10-12(8-17(27)28)18-25-19(30-26-18)11-2-4-13(5-3-11)20(22,23)24/h2-7,9,12H,8,10H2,1H3. The first kappa shape index (κ1) is 19.9. The summed E-state index contributed by atoms with van der Waals surface area (Å²) in [5, 5.41) is 3.87. The van der Waals surface area contributed by atoms with Crippen LogP contribution in [-0.4, -0.2) is 29.7 Å². The maximum absolute atomic E-state index is 14.0. The van der Waals surface area contributed by atoms with Crippen molar-refractivity contribution in [2.75, 3.05) is 18.6 Å². The molecule has 1 aromatic heterocycles. The Bertz CT molecular complexity index is 1080. The van der Waals surface area contributed by atoms with Gasteiger partial charge in [-0.05, 0) is 36.4 Å². The number of benzene rings is 2. The molecule has 0 spiro atoms. The van der Waals surface area contributed by atoms with Gasteiger partial charge in [0.05, 0.1) is 12.7 Å².